The van der Waals surface area contributed by atoms with Gasteiger partial charge in [-0.05, 0) is 6.07 Å². The van der Waals surface area contributed by atoms with E-state index < -0.39 is 22.2 Å². The third-order valence-electron chi connectivity index (χ3n) is 2.81. The van der Waals surface area contributed by atoms with E-state index in [4.69, 9.17) is 4.74 Å². The van der Waals surface area contributed by atoms with Gasteiger partial charge in [-0.25, -0.2) is 4.39 Å². The molecule has 0 aliphatic carbocycles. The highest BCUT2D eigenvalue weighted by atomic mass is 19.1. The average molecular weight is 289 g/mol. The number of ether oxygens (including phenoxy) is 1. The first-order chi connectivity index (χ1) is 10.1. The second-order valence-electron chi connectivity index (χ2n) is 4.23. The zero-order valence-electron chi connectivity index (χ0n) is 11.0. The normalized spacial score (nSPS) is 10.1. The summed E-state index contributed by atoms with van der Waals surface area (Å²) in [7, 11) is 0. The molecule has 21 heavy (non-hydrogen) atoms. The smallest absolute Gasteiger partial charge is 0.314 e. The van der Waals surface area contributed by atoms with Gasteiger partial charge in [0.25, 0.3) is 0 Å². The Morgan fingerprint density at radius 1 is 1.14 bits per heavy atom. The van der Waals surface area contributed by atoms with Crippen LogP contribution in [-0.4, -0.2) is 17.3 Å². The topological polar surface area (TPSA) is 69.4 Å². The number of carbonyl (C=O) groups is 1. The van der Waals surface area contributed by atoms with Crippen molar-refractivity contribution in [1.29, 1.82) is 0 Å². The van der Waals surface area contributed by atoms with Crippen LogP contribution in [0.25, 0.3) is 0 Å². The molecule has 0 spiro atoms. The molecule has 6 heteroatoms. The Bertz CT molecular complexity index is 658. The highest BCUT2D eigenvalue weighted by Gasteiger charge is 2.19. The van der Waals surface area contributed by atoms with Gasteiger partial charge in [-0.15, -0.1) is 0 Å². The van der Waals surface area contributed by atoms with E-state index in [1.807, 2.05) is 0 Å². The molecule has 0 radical (unpaired) electrons. The zero-order valence-corrected chi connectivity index (χ0v) is 11.0. The standard InChI is InChI=1S/C15H12FNO4/c16-12-7-4-8-13(17(19)20)15(12)21-10-9-14(18)11-5-2-1-3-6-11/h1-8H,9-10H2. The lowest BCUT2D eigenvalue weighted by atomic mass is 10.1. The summed E-state index contributed by atoms with van der Waals surface area (Å²) < 4.78 is 18.6. The number of rotatable bonds is 6. The van der Waals surface area contributed by atoms with Gasteiger partial charge in [-0.2, -0.15) is 0 Å². The van der Waals surface area contributed by atoms with Crippen molar-refractivity contribution in [2.45, 2.75) is 6.42 Å². The fraction of sp³-hybridized carbons (Fsp3) is 0.133. The SMILES string of the molecule is O=C(CCOc1c(F)cccc1[N+](=O)[O-])c1ccccc1. The van der Waals surface area contributed by atoms with Crippen LogP contribution in [0.3, 0.4) is 0 Å². The summed E-state index contributed by atoms with van der Waals surface area (Å²) in [6.45, 7) is -0.129. The van der Waals surface area contributed by atoms with Gasteiger partial charge in [0, 0.05) is 18.1 Å². The highest BCUT2D eigenvalue weighted by Crippen LogP contribution is 2.29. The maximum Gasteiger partial charge on any atom is 0.314 e. The Balaban J connectivity index is 2.01. The fourth-order valence-corrected chi connectivity index (χ4v) is 1.80. The van der Waals surface area contributed by atoms with Crippen molar-refractivity contribution in [3.05, 3.63) is 70.0 Å². The molecule has 0 fully saturated rings. The number of para-hydroxylation sites is 1. The van der Waals surface area contributed by atoms with Crippen molar-refractivity contribution >= 4 is 11.5 Å². The largest absolute Gasteiger partial charge is 0.484 e. The van der Waals surface area contributed by atoms with Gasteiger partial charge in [-0.1, -0.05) is 36.4 Å². The average Bonchev–Trinajstić information content (AvgIpc) is 2.49. The van der Waals surface area contributed by atoms with Gasteiger partial charge < -0.3 is 4.74 Å². The predicted octanol–water partition coefficient (Wildman–Crippen LogP) is 3.39. The van der Waals surface area contributed by atoms with Gasteiger partial charge in [-0.3, -0.25) is 14.9 Å². The quantitative estimate of drug-likeness (QED) is 0.464. The number of ketones is 1. The van der Waals surface area contributed by atoms with Crippen molar-refractivity contribution < 1.29 is 18.8 Å². The van der Waals surface area contributed by atoms with E-state index in [9.17, 15) is 19.3 Å². The number of nitro benzene ring substituents is 1. The van der Waals surface area contributed by atoms with E-state index in [0.29, 0.717) is 5.56 Å². The number of Topliss-reactive ketones (excluding diaryl/α,β-unsaturated/α-hetero) is 1. The summed E-state index contributed by atoms with van der Waals surface area (Å²) in [6.07, 6.45) is 0.00943. The van der Waals surface area contributed by atoms with Crippen molar-refractivity contribution in [1.82, 2.24) is 0 Å². The highest BCUT2D eigenvalue weighted by molar-refractivity contribution is 5.96. The van der Waals surface area contributed by atoms with E-state index in [1.54, 1.807) is 30.3 Å². The van der Waals surface area contributed by atoms with Crippen molar-refractivity contribution in [2.75, 3.05) is 6.61 Å². The second kappa shape index (κ2) is 6.60. The minimum absolute atomic E-state index is 0.00943. The van der Waals surface area contributed by atoms with Crippen LogP contribution < -0.4 is 4.74 Å². The molecule has 0 saturated heterocycles. The molecule has 0 aromatic heterocycles. The van der Waals surface area contributed by atoms with Crippen LogP contribution in [0.4, 0.5) is 10.1 Å². The Morgan fingerprint density at radius 3 is 2.52 bits per heavy atom. The number of nitrogens with zero attached hydrogens (tertiary/aromatic N) is 1. The monoisotopic (exact) mass is 289 g/mol. The molecule has 0 saturated carbocycles. The van der Waals surface area contributed by atoms with Crippen LogP contribution in [0, 0.1) is 15.9 Å². The molecule has 2 rings (SSSR count). The third kappa shape index (κ3) is 3.62. The van der Waals surface area contributed by atoms with Gasteiger partial charge in [0.1, 0.15) is 0 Å². The second-order valence-corrected chi connectivity index (χ2v) is 4.23. The van der Waals surface area contributed by atoms with Gasteiger partial charge in [0.05, 0.1) is 11.5 Å². The summed E-state index contributed by atoms with van der Waals surface area (Å²) in [5, 5.41) is 10.8. The van der Waals surface area contributed by atoms with Crippen molar-refractivity contribution in [3.8, 4) is 5.75 Å². The molecule has 0 atom stereocenters. The Hall–Kier alpha value is -2.76. The van der Waals surface area contributed by atoms with Crippen LogP contribution in [0.2, 0.25) is 0 Å². The summed E-state index contributed by atoms with van der Waals surface area (Å²) in [4.78, 5) is 21.9. The van der Waals surface area contributed by atoms with E-state index in [0.717, 1.165) is 12.1 Å². The molecular formula is C15H12FNO4. The molecule has 2 aromatic carbocycles. The van der Waals surface area contributed by atoms with Crippen LogP contribution in [0.5, 0.6) is 5.75 Å². The summed E-state index contributed by atoms with van der Waals surface area (Å²) in [5.74, 6) is -1.44. The minimum Gasteiger partial charge on any atom is -0.484 e. The number of hydrogen-bond donors (Lipinski definition) is 0. The molecule has 0 bridgehead atoms. The van der Waals surface area contributed by atoms with E-state index >= 15 is 0 Å². The Kier molecular flexibility index (Phi) is 4.61. The first-order valence-electron chi connectivity index (χ1n) is 6.23. The van der Waals surface area contributed by atoms with Crippen LogP contribution in [0.15, 0.2) is 48.5 Å². The molecule has 5 nitrogen and oxygen atoms in total. The number of halogens is 1. The summed E-state index contributed by atoms with van der Waals surface area (Å²) >= 11 is 0. The Morgan fingerprint density at radius 2 is 1.86 bits per heavy atom. The number of nitro groups is 1. The van der Waals surface area contributed by atoms with Gasteiger partial charge in [0.15, 0.2) is 11.6 Å². The van der Waals surface area contributed by atoms with Crippen molar-refractivity contribution in [3.63, 3.8) is 0 Å². The van der Waals surface area contributed by atoms with Crippen LogP contribution in [0.1, 0.15) is 16.8 Å². The molecule has 0 amide bonds. The van der Waals surface area contributed by atoms with E-state index in [2.05, 4.69) is 0 Å². The first kappa shape index (κ1) is 14.6. The first-order valence-corrected chi connectivity index (χ1v) is 6.23. The number of carbonyl (C=O) groups excluding carboxylic acids is 1. The minimum atomic E-state index is -0.823. The molecule has 2 aromatic rings. The summed E-state index contributed by atoms with van der Waals surface area (Å²) in [5.41, 5.74) is 0.0614. The lowest BCUT2D eigenvalue weighted by molar-refractivity contribution is -0.386. The molecular weight excluding hydrogens is 277 g/mol. The molecule has 0 aliphatic heterocycles. The number of hydrogen-bond acceptors (Lipinski definition) is 4. The maximum absolute atomic E-state index is 13.5. The lowest BCUT2D eigenvalue weighted by Crippen LogP contribution is -2.08. The van der Waals surface area contributed by atoms with Crippen LogP contribution in [-0.2, 0) is 0 Å². The Labute approximate surface area is 120 Å². The van der Waals surface area contributed by atoms with Crippen LogP contribution >= 0.6 is 0 Å². The fourth-order valence-electron chi connectivity index (χ4n) is 1.80. The van der Waals surface area contributed by atoms with Crippen molar-refractivity contribution in [2.24, 2.45) is 0 Å². The molecule has 0 heterocycles. The zero-order chi connectivity index (χ0) is 15.2. The lowest BCUT2D eigenvalue weighted by Gasteiger charge is -2.07. The van der Waals surface area contributed by atoms with Gasteiger partial charge >= 0.3 is 5.69 Å². The molecule has 0 N–H and O–H groups in total. The van der Waals surface area contributed by atoms with Gasteiger partial charge in [0.2, 0.25) is 5.75 Å². The third-order valence-corrected chi connectivity index (χ3v) is 2.81. The molecule has 0 aliphatic rings. The predicted molar refractivity (Wildman–Crippen MR) is 73.9 cm³/mol. The molecule has 0 unspecified atom stereocenters. The summed E-state index contributed by atoms with van der Waals surface area (Å²) in [6, 6.07) is 12.0. The molecule has 108 valence electrons. The van der Waals surface area contributed by atoms with E-state index in [-0.39, 0.29) is 18.8 Å². The van der Waals surface area contributed by atoms with E-state index in [1.165, 1.54) is 6.07 Å². The maximum atomic E-state index is 13.5. The number of benzene rings is 2.